The Morgan fingerprint density at radius 3 is 2.64 bits per heavy atom. The number of aromatic nitrogens is 3. The van der Waals surface area contributed by atoms with Gasteiger partial charge in [-0.15, -0.1) is 0 Å². The summed E-state index contributed by atoms with van der Waals surface area (Å²) in [6, 6.07) is 6.32. The van der Waals surface area contributed by atoms with Gasteiger partial charge in [-0.2, -0.15) is 0 Å². The maximum atomic E-state index is 15.3. The Kier molecular flexibility index (Phi) is 9.69. The van der Waals surface area contributed by atoms with E-state index in [2.05, 4.69) is 15.3 Å². The average molecular weight is 622 g/mol. The molecule has 0 spiro atoms. The van der Waals surface area contributed by atoms with Crippen LogP contribution in [0.1, 0.15) is 44.1 Å². The van der Waals surface area contributed by atoms with Gasteiger partial charge < -0.3 is 24.8 Å². The van der Waals surface area contributed by atoms with Crippen LogP contribution in [0.3, 0.4) is 0 Å². The molecule has 45 heavy (non-hydrogen) atoms. The lowest BCUT2D eigenvalue weighted by Gasteiger charge is -2.37. The number of fused-ring (bicyclic) bond motifs is 1. The molecule has 14 heteroatoms. The third-order valence-corrected chi connectivity index (χ3v) is 8.04. The molecule has 2 aliphatic heterocycles. The molecule has 1 unspecified atom stereocenters. The molecule has 2 aromatic heterocycles. The highest BCUT2D eigenvalue weighted by atomic mass is 19.1. The van der Waals surface area contributed by atoms with Crippen LogP contribution in [0.5, 0.6) is 0 Å². The molecular formula is C31H38FN8O5+. The van der Waals surface area contributed by atoms with Gasteiger partial charge in [-0.3, -0.25) is 18.9 Å². The number of halogens is 1. The first kappa shape index (κ1) is 31.5. The number of hydrogen-bond donors (Lipinski definition) is 1. The quantitative estimate of drug-likeness (QED) is 0.323. The minimum absolute atomic E-state index is 0.0904. The number of carbonyl (C=O) groups is 4. The van der Waals surface area contributed by atoms with Gasteiger partial charge in [0.25, 0.3) is 5.91 Å². The Bertz CT molecular complexity index is 1520. The van der Waals surface area contributed by atoms with Crippen molar-refractivity contribution in [3.8, 4) is 0 Å². The van der Waals surface area contributed by atoms with Gasteiger partial charge in [0.2, 0.25) is 11.7 Å². The number of cyclic esters (lactones) is 1. The van der Waals surface area contributed by atoms with E-state index in [4.69, 9.17) is 4.74 Å². The summed E-state index contributed by atoms with van der Waals surface area (Å²) < 4.78 is 22.4. The third-order valence-electron chi connectivity index (χ3n) is 8.04. The van der Waals surface area contributed by atoms with Crippen LogP contribution in [0.4, 0.5) is 20.6 Å². The van der Waals surface area contributed by atoms with Crippen LogP contribution in [0.2, 0.25) is 0 Å². The number of piperazine rings is 1. The van der Waals surface area contributed by atoms with Crippen molar-refractivity contribution in [3.63, 3.8) is 0 Å². The van der Waals surface area contributed by atoms with Crippen molar-refractivity contribution in [2.45, 2.75) is 39.7 Å². The number of amides is 4. The van der Waals surface area contributed by atoms with Crippen molar-refractivity contribution < 1.29 is 28.3 Å². The zero-order valence-corrected chi connectivity index (χ0v) is 25.7. The number of benzene rings is 1. The fraction of sp³-hybridized carbons (Fsp3) is 0.452. The summed E-state index contributed by atoms with van der Waals surface area (Å²) in [5, 5.41) is 2.79. The highest BCUT2D eigenvalue weighted by molar-refractivity contribution is 5.95. The third kappa shape index (κ3) is 7.10. The summed E-state index contributed by atoms with van der Waals surface area (Å²) >= 11 is 0. The summed E-state index contributed by atoms with van der Waals surface area (Å²) in [7, 11) is 0. The van der Waals surface area contributed by atoms with Gasteiger partial charge in [-0.25, -0.2) is 23.9 Å². The predicted octanol–water partition coefficient (Wildman–Crippen LogP) is 2.52. The maximum Gasteiger partial charge on any atom is 0.414 e. The lowest BCUT2D eigenvalue weighted by Crippen LogP contribution is -2.52. The summed E-state index contributed by atoms with van der Waals surface area (Å²) in [6.45, 7) is 7.73. The second-order valence-electron chi connectivity index (χ2n) is 11.1. The molecule has 0 bridgehead atoms. The number of nitrogens with one attached hydrogen (secondary N) is 1. The van der Waals surface area contributed by atoms with E-state index in [-0.39, 0.29) is 43.0 Å². The van der Waals surface area contributed by atoms with Gasteiger partial charge in [0.05, 0.1) is 31.4 Å². The molecule has 0 aliphatic carbocycles. The minimum atomic E-state index is -0.597. The van der Waals surface area contributed by atoms with Crippen LogP contribution in [0, 0.1) is 11.7 Å². The largest absolute Gasteiger partial charge is 0.442 e. The van der Waals surface area contributed by atoms with Crippen LogP contribution in [-0.4, -0.2) is 106 Å². The van der Waals surface area contributed by atoms with Crippen LogP contribution >= 0.6 is 0 Å². The van der Waals surface area contributed by atoms with Crippen LogP contribution in [-0.2, 0) is 14.3 Å². The Morgan fingerprint density at radius 2 is 1.96 bits per heavy atom. The van der Waals surface area contributed by atoms with E-state index in [1.54, 1.807) is 59.9 Å². The summed E-state index contributed by atoms with van der Waals surface area (Å²) in [6.07, 6.45) is 5.36. The second-order valence-corrected chi connectivity index (χ2v) is 11.1. The molecule has 4 amide bonds. The fourth-order valence-corrected chi connectivity index (χ4v) is 5.49. The molecule has 1 atom stereocenters. The number of ether oxygens (including phenoxy) is 1. The zero-order chi connectivity index (χ0) is 32.1. The number of hydrogen-bond acceptors (Lipinski definition) is 8. The lowest BCUT2D eigenvalue weighted by atomic mass is 10.1. The van der Waals surface area contributed by atoms with Crippen LogP contribution in [0.15, 0.2) is 42.9 Å². The van der Waals surface area contributed by atoms with E-state index >= 15 is 4.39 Å². The Hall–Kier alpha value is -4.88. The standard InChI is InChI=1S/C31H37FN8O5/c1-4-7-21(3)28(42)34-17-23-18-40(31(44)45-23)22-8-9-26(24(32)16-22)37-12-14-38(15-13-37)27(41)20-36(5-2)29(43)25-19-39-11-6-10-33-30(39)35-25/h6,8-11,16,19,23H,4-5,7,12-15,17-18,20H2,1-3H3/p+1. The molecule has 0 saturated carbocycles. The first-order valence-corrected chi connectivity index (χ1v) is 15.2. The highest BCUT2D eigenvalue weighted by Crippen LogP contribution is 2.28. The van der Waals surface area contributed by atoms with E-state index in [9.17, 15) is 19.2 Å². The van der Waals surface area contributed by atoms with Crippen molar-refractivity contribution in [2.75, 3.05) is 62.2 Å². The monoisotopic (exact) mass is 621 g/mol. The molecule has 1 aromatic carbocycles. The first-order chi connectivity index (χ1) is 21.7. The number of imidazole rings is 1. The Morgan fingerprint density at radius 1 is 1.18 bits per heavy atom. The Labute approximate surface area is 260 Å². The van der Waals surface area contributed by atoms with Gasteiger partial charge >= 0.3 is 12.0 Å². The second kappa shape index (κ2) is 13.8. The molecule has 3 aromatic rings. The van der Waals surface area contributed by atoms with Gasteiger partial charge in [0.1, 0.15) is 30.6 Å². The molecule has 238 valence electrons. The normalized spacial score (nSPS) is 16.6. The van der Waals surface area contributed by atoms with E-state index in [1.807, 2.05) is 11.8 Å². The number of anilines is 2. The molecule has 0 radical (unpaired) electrons. The number of rotatable bonds is 11. The SMILES string of the molecule is CCC[C+](C)C(=O)NCC1CN(c2ccc(N3CCN(C(=O)CN(CC)C(=O)c4cn5cccnc5n4)CC3)c(F)c2)C(=O)O1. The molecule has 2 fully saturated rings. The summed E-state index contributed by atoms with van der Waals surface area (Å²) in [4.78, 5) is 65.6. The number of carbonyl (C=O) groups excluding carboxylic acids is 4. The van der Waals surface area contributed by atoms with E-state index in [0.29, 0.717) is 56.3 Å². The van der Waals surface area contributed by atoms with Crippen molar-refractivity contribution >= 4 is 41.0 Å². The van der Waals surface area contributed by atoms with Crippen LogP contribution in [0.25, 0.3) is 5.78 Å². The van der Waals surface area contributed by atoms with Gasteiger partial charge in [-0.05, 0) is 37.6 Å². The molecule has 1 N–H and O–H groups in total. The van der Waals surface area contributed by atoms with Crippen molar-refractivity contribution in [1.82, 2.24) is 29.5 Å². The maximum absolute atomic E-state index is 15.3. The van der Waals surface area contributed by atoms with E-state index in [0.717, 1.165) is 12.3 Å². The van der Waals surface area contributed by atoms with E-state index in [1.165, 1.54) is 15.9 Å². The lowest BCUT2D eigenvalue weighted by molar-refractivity contribution is -0.132. The highest BCUT2D eigenvalue weighted by Gasteiger charge is 2.35. The minimum Gasteiger partial charge on any atom is -0.442 e. The molecular weight excluding hydrogens is 583 g/mol. The molecule has 2 saturated heterocycles. The molecule has 4 heterocycles. The number of nitrogens with zero attached hydrogens (tertiary/aromatic N) is 7. The zero-order valence-electron chi connectivity index (χ0n) is 25.7. The van der Waals surface area contributed by atoms with Crippen molar-refractivity contribution in [3.05, 3.63) is 60.3 Å². The number of likely N-dealkylation sites (N-methyl/N-ethyl adjacent to an activating group) is 1. The first-order valence-electron chi connectivity index (χ1n) is 15.2. The van der Waals surface area contributed by atoms with E-state index < -0.39 is 18.0 Å². The van der Waals surface area contributed by atoms with Crippen molar-refractivity contribution in [1.29, 1.82) is 0 Å². The molecule has 2 aliphatic rings. The van der Waals surface area contributed by atoms with Gasteiger partial charge in [0, 0.05) is 51.3 Å². The molecule has 13 nitrogen and oxygen atoms in total. The van der Waals surface area contributed by atoms with Gasteiger partial charge in [0.15, 0.2) is 5.92 Å². The average Bonchev–Trinajstić information content (AvgIpc) is 3.65. The Balaban J connectivity index is 1.13. The van der Waals surface area contributed by atoms with Gasteiger partial charge in [-0.1, -0.05) is 6.92 Å². The summed E-state index contributed by atoms with van der Waals surface area (Å²) in [5.41, 5.74) is 0.950. The predicted molar refractivity (Wildman–Crippen MR) is 164 cm³/mol. The summed E-state index contributed by atoms with van der Waals surface area (Å²) in [5.74, 6) is -0.0832. The van der Waals surface area contributed by atoms with Crippen LogP contribution < -0.4 is 15.1 Å². The topological polar surface area (TPSA) is 133 Å². The fourth-order valence-electron chi connectivity index (χ4n) is 5.49. The van der Waals surface area contributed by atoms with Crippen molar-refractivity contribution in [2.24, 2.45) is 0 Å². The smallest absolute Gasteiger partial charge is 0.414 e. The molecule has 5 rings (SSSR count).